The summed E-state index contributed by atoms with van der Waals surface area (Å²) in [7, 11) is 5.10. The van der Waals surface area contributed by atoms with Gasteiger partial charge in [0, 0.05) is 64.4 Å². The fraction of sp³-hybridized carbons (Fsp3) is 0.698. The Morgan fingerprint density at radius 3 is 2.07 bits per heavy atom. The molecule has 6 atom stereocenters. The van der Waals surface area contributed by atoms with Gasteiger partial charge in [0.2, 0.25) is 11.8 Å². The first-order valence-electron chi connectivity index (χ1n) is 25.6. The second-order valence-electron chi connectivity index (χ2n) is 21.5. The van der Waals surface area contributed by atoms with E-state index in [9.17, 15) is 33.6 Å². The Balaban J connectivity index is 1.82. The van der Waals surface area contributed by atoms with Gasteiger partial charge in [0.15, 0.2) is 12.8 Å². The maximum atomic E-state index is 14.9. The number of benzene rings is 1. The monoisotopic (exact) mass is 1030 g/mol. The molecule has 1 aliphatic rings. The van der Waals surface area contributed by atoms with Gasteiger partial charge in [0.1, 0.15) is 28.1 Å². The molecule has 1 saturated heterocycles. The summed E-state index contributed by atoms with van der Waals surface area (Å²) >= 11 is 1.16. The fourth-order valence-corrected chi connectivity index (χ4v) is 9.13. The minimum absolute atomic E-state index is 0.0188. The van der Waals surface area contributed by atoms with Crippen molar-refractivity contribution >= 4 is 53.2 Å². The van der Waals surface area contributed by atoms with Crippen LogP contribution in [0.15, 0.2) is 29.6 Å². The number of likely N-dealkylation sites (N-methyl/N-ethyl adjacent to an activating group) is 3. The molecule has 5 amide bonds. The van der Waals surface area contributed by atoms with Gasteiger partial charge in [0.05, 0.1) is 6.04 Å². The number of hydrogen-bond donors (Lipinski definition) is 2. The molecule has 0 saturated carbocycles. The first-order chi connectivity index (χ1) is 33.7. The van der Waals surface area contributed by atoms with Crippen LogP contribution in [0.3, 0.4) is 0 Å². The van der Waals surface area contributed by atoms with E-state index >= 15 is 0 Å². The van der Waals surface area contributed by atoms with E-state index in [4.69, 9.17) is 23.9 Å². The first-order valence-corrected chi connectivity index (χ1v) is 26.4. The molecule has 2 aromatic rings. The highest BCUT2D eigenvalue weighted by atomic mass is 32.1. The van der Waals surface area contributed by atoms with Crippen molar-refractivity contribution in [3.05, 3.63) is 45.9 Å². The molecule has 404 valence electrons. The topological polar surface area (TPSA) is 206 Å². The molecule has 3 rings (SSSR count). The van der Waals surface area contributed by atoms with Crippen LogP contribution in [0.4, 0.5) is 9.59 Å². The highest BCUT2D eigenvalue weighted by molar-refractivity contribution is 7.09. The second kappa shape index (κ2) is 28.8. The number of piperidine rings is 1. The van der Waals surface area contributed by atoms with Crippen LogP contribution in [0.2, 0.25) is 0 Å². The lowest BCUT2D eigenvalue weighted by atomic mass is 9.92. The van der Waals surface area contributed by atoms with Crippen LogP contribution in [-0.2, 0) is 39.8 Å². The van der Waals surface area contributed by atoms with Crippen LogP contribution in [0.1, 0.15) is 155 Å². The lowest BCUT2D eigenvalue weighted by molar-refractivity contribution is -0.161. The normalized spacial score (nSPS) is 16.2. The van der Waals surface area contributed by atoms with Crippen molar-refractivity contribution in [1.29, 1.82) is 0 Å². The summed E-state index contributed by atoms with van der Waals surface area (Å²) in [5.74, 6) is -2.05. The molecular formula is C53H85N7O11S. The van der Waals surface area contributed by atoms with E-state index in [2.05, 4.69) is 24.5 Å². The van der Waals surface area contributed by atoms with Crippen LogP contribution >= 0.6 is 11.3 Å². The lowest BCUT2D eigenvalue weighted by Crippen LogP contribution is -2.59. The molecule has 1 aromatic carbocycles. The van der Waals surface area contributed by atoms with Crippen LogP contribution in [0.25, 0.3) is 0 Å². The van der Waals surface area contributed by atoms with Gasteiger partial charge in [-0.1, -0.05) is 80.4 Å². The van der Waals surface area contributed by atoms with Gasteiger partial charge in [-0.3, -0.25) is 28.9 Å². The number of nitrogens with one attached hydrogen (secondary N) is 2. The number of ether oxygens (including phenoxy) is 4. The summed E-state index contributed by atoms with van der Waals surface area (Å²) in [6.07, 6.45) is 2.44. The van der Waals surface area contributed by atoms with Crippen molar-refractivity contribution in [2.24, 2.45) is 23.7 Å². The van der Waals surface area contributed by atoms with Gasteiger partial charge < -0.3 is 44.3 Å². The van der Waals surface area contributed by atoms with Crippen molar-refractivity contribution < 1.29 is 52.5 Å². The van der Waals surface area contributed by atoms with Crippen molar-refractivity contribution in [3.8, 4) is 5.75 Å². The third-order valence-corrected chi connectivity index (χ3v) is 13.5. The number of nitrogens with zero attached hydrogens (tertiary/aromatic N) is 5. The van der Waals surface area contributed by atoms with E-state index in [1.807, 2.05) is 65.6 Å². The highest BCUT2D eigenvalue weighted by Gasteiger charge is 2.39. The Labute approximate surface area is 432 Å². The number of carbonyl (C=O) groups excluding carboxylic acids is 7. The molecule has 18 nitrogen and oxygen atoms in total. The van der Waals surface area contributed by atoms with Crippen molar-refractivity contribution in [3.63, 3.8) is 0 Å². The zero-order valence-electron chi connectivity index (χ0n) is 45.7. The van der Waals surface area contributed by atoms with E-state index < -0.39 is 59.7 Å². The molecule has 19 heteroatoms. The van der Waals surface area contributed by atoms with Gasteiger partial charge in [-0.05, 0) is 101 Å². The lowest BCUT2D eigenvalue weighted by Gasteiger charge is -2.39. The van der Waals surface area contributed by atoms with E-state index in [1.165, 1.54) is 21.6 Å². The number of carbonyl (C=O) groups is 7. The maximum absolute atomic E-state index is 14.9. The van der Waals surface area contributed by atoms with E-state index in [-0.39, 0.29) is 80.0 Å². The molecule has 2 N–H and O–H groups in total. The van der Waals surface area contributed by atoms with Crippen molar-refractivity contribution in [2.75, 3.05) is 47.5 Å². The fourth-order valence-electron chi connectivity index (χ4n) is 8.29. The Morgan fingerprint density at radius 1 is 0.875 bits per heavy atom. The first kappa shape index (κ1) is 61.0. The van der Waals surface area contributed by atoms with Crippen molar-refractivity contribution in [2.45, 2.75) is 170 Å². The third kappa shape index (κ3) is 20.3. The molecule has 6 unspecified atom stereocenters. The molecule has 1 fully saturated rings. The second-order valence-corrected chi connectivity index (χ2v) is 22.4. The molecule has 1 aromatic heterocycles. The Hall–Kier alpha value is -5.30. The number of aromatic nitrogens is 1. The Morgan fingerprint density at radius 2 is 1.51 bits per heavy atom. The number of rotatable bonds is 25. The molecule has 0 radical (unpaired) electrons. The van der Waals surface area contributed by atoms with E-state index in [0.717, 1.165) is 36.3 Å². The smallest absolute Gasteiger partial charge is 0.415 e. The molecular weight excluding hydrogens is 943 g/mol. The molecule has 0 aliphatic carbocycles. The van der Waals surface area contributed by atoms with Crippen LogP contribution in [-0.4, -0.2) is 144 Å². The van der Waals surface area contributed by atoms with E-state index in [1.54, 1.807) is 52.4 Å². The van der Waals surface area contributed by atoms with Gasteiger partial charge in [0.25, 0.3) is 5.91 Å². The largest absolute Gasteiger partial charge is 0.455 e. The Bertz CT molecular complexity index is 2090. The minimum atomic E-state index is -0.979. The number of amides is 5. The maximum Gasteiger partial charge on any atom is 0.415 e. The summed E-state index contributed by atoms with van der Waals surface area (Å²) < 4.78 is 22.7. The number of esters is 2. The van der Waals surface area contributed by atoms with Gasteiger partial charge in [-0.2, -0.15) is 0 Å². The summed E-state index contributed by atoms with van der Waals surface area (Å²) in [5, 5.41) is 8.19. The summed E-state index contributed by atoms with van der Waals surface area (Å²) in [6.45, 7) is 23.1. The van der Waals surface area contributed by atoms with Crippen LogP contribution in [0.5, 0.6) is 5.75 Å². The zero-order valence-corrected chi connectivity index (χ0v) is 46.5. The summed E-state index contributed by atoms with van der Waals surface area (Å²) in [4.78, 5) is 105. The molecule has 72 heavy (non-hydrogen) atoms. The van der Waals surface area contributed by atoms with Gasteiger partial charge in [-0.15, -0.1) is 11.3 Å². The average molecular weight is 1030 g/mol. The molecule has 0 spiro atoms. The quantitative estimate of drug-likeness (QED) is 0.0547. The predicted octanol–water partition coefficient (Wildman–Crippen LogP) is 8.24. The highest BCUT2D eigenvalue weighted by Crippen LogP contribution is 2.32. The molecule has 0 bridgehead atoms. The SMILES string of the molecule is CCC(C)C(NC(=O)C1CCCCN1C)C(=O)N(COC(=O)CC(C)C)C(CC(OC(C)=O)c1nc(C(=O)NC(Cc2ccc(OC(=O)N(C)CCN(C)C(=O)OC(C)(C)C)cc2)CC(C)C)cs1)C(C)C. The summed E-state index contributed by atoms with van der Waals surface area (Å²) in [5.41, 5.74) is 0.391. The van der Waals surface area contributed by atoms with Crippen molar-refractivity contribution in [1.82, 2.24) is 35.2 Å². The Kier molecular flexibility index (Phi) is 24.4. The van der Waals surface area contributed by atoms with E-state index in [0.29, 0.717) is 36.4 Å². The van der Waals surface area contributed by atoms with Crippen LogP contribution < -0.4 is 15.4 Å². The predicted molar refractivity (Wildman–Crippen MR) is 277 cm³/mol. The minimum Gasteiger partial charge on any atom is -0.455 e. The number of likely N-dealkylation sites (tertiary alicyclic amines) is 1. The standard InChI is InChI=1S/C53H85N7O11S/c1-16-36(8)46(56-48(64)42-19-17-18-24-57(42)13)50(65)60(32-68-45(62)28-34(4)5)43(35(6)7)30-44(69-37(9)61)49-55-41(31-72-49)47(63)54-39(27-33(2)3)29-38-20-22-40(23-21-38)70-51(66)58(14)25-26-59(15)52(67)71-53(10,11)12/h20-23,31,33-36,39,42-44,46H,16-19,24-30,32H2,1-15H3,(H,54,63)(H,56,64). The van der Waals surface area contributed by atoms with Crippen LogP contribution in [0, 0.1) is 23.7 Å². The van der Waals surface area contributed by atoms with Gasteiger partial charge >= 0.3 is 24.1 Å². The molecule has 2 heterocycles. The number of thiazole rings is 1. The third-order valence-electron chi connectivity index (χ3n) is 12.5. The van der Waals surface area contributed by atoms with Gasteiger partial charge in [-0.25, -0.2) is 14.6 Å². The summed E-state index contributed by atoms with van der Waals surface area (Å²) in [6, 6.07) is 4.78. The average Bonchev–Trinajstić information content (AvgIpc) is 3.79. The zero-order chi connectivity index (χ0) is 54.0. The molecule has 1 aliphatic heterocycles. The number of hydrogen-bond acceptors (Lipinski definition) is 14.